The van der Waals surface area contributed by atoms with Gasteiger partial charge in [0.05, 0.1) is 12.8 Å². The molecule has 0 saturated carbocycles. The summed E-state index contributed by atoms with van der Waals surface area (Å²) in [6.45, 7) is 4.50. The Hall–Kier alpha value is -3.23. The minimum Gasteiger partial charge on any atom is -0.467 e. The van der Waals surface area contributed by atoms with Crippen molar-refractivity contribution in [1.82, 2.24) is 15.5 Å². The zero-order valence-corrected chi connectivity index (χ0v) is 18.1. The third kappa shape index (κ3) is 5.52. The molecule has 2 aromatic rings. The van der Waals surface area contributed by atoms with Crippen molar-refractivity contribution in [2.75, 3.05) is 13.1 Å². The van der Waals surface area contributed by atoms with E-state index in [-0.39, 0.29) is 23.7 Å². The number of hydrogen-bond donors (Lipinski definition) is 2. The van der Waals surface area contributed by atoms with E-state index in [1.807, 2.05) is 0 Å². The average molecular weight is 447 g/mol. The molecule has 0 spiro atoms. The maximum Gasteiger partial charge on any atom is 0.257 e. The van der Waals surface area contributed by atoms with Crippen LogP contribution in [0.25, 0.3) is 0 Å². The summed E-state index contributed by atoms with van der Waals surface area (Å²) in [5, 5.41) is 5.31. The summed E-state index contributed by atoms with van der Waals surface area (Å²) in [6.07, 6.45) is 2.50. The molecule has 1 aromatic heterocycles. The summed E-state index contributed by atoms with van der Waals surface area (Å²) >= 11 is 0. The highest BCUT2D eigenvalue weighted by atomic mass is 19.1. The Bertz CT molecular complexity index is 934. The van der Waals surface area contributed by atoms with Gasteiger partial charge in [-0.25, -0.2) is 8.78 Å². The minimum absolute atomic E-state index is 0.0998. The van der Waals surface area contributed by atoms with Gasteiger partial charge < -0.3 is 20.0 Å². The first-order chi connectivity index (χ1) is 15.3. The molecule has 3 amide bonds. The molecule has 3 rings (SSSR count). The summed E-state index contributed by atoms with van der Waals surface area (Å²) < 4.78 is 33.1. The molecule has 2 heterocycles. The zero-order valence-electron chi connectivity index (χ0n) is 18.1. The minimum atomic E-state index is -0.987. The van der Waals surface area contributed by atoms with Gasteiger partial charge in [-0.3, -0.25) is 14.4 Å². The Morgan fingerprint density at radius 2 is 1.75 bits per heavy atom. The van der Waals surface area contributed by atoms with E-state index in [4.69, 9.17) is 4.42 Å². The number of piperidine rings is 1. The molecule has 2 N–H and O–H groups in total. The predicted octanol–water partition coefficient (Wildman–Crippen LogP) is 2.87. The standard InChI is InChI=1S/C23H27F2N3O4/c1-14(2)20(27-22(30)19-17(24)6-3-7-18(19)25)23(31)28-10-8-15(9-11-28)21(29)26-13-16-5-4-12-32-16/h3-7,12,14-15,20H,8-11,13H2,1-2H3,(H,26,29)(H,27,30). The van der Waals surface area contributed by atoms with Crippen molar-refractivity contribution in [2.45, 2.75) is 39.3 Å². The number of furan rings is 1. The number of nitrogens with zero attached hydrogens (tertiary/aromatic N) is 1. The van der Waals surface area contributed by atoms with Crippen LogP contribution in [0.5, 0.6) is 0 Å². The van der Waals surface area contributed by atoms with Crippen molar-refractivity contribution >= 4 is 17.7 Å². The Kier molecular flexibility index (Phi) is 7.61. The molecule has 1 unspecified atom stereocenters. The Labute approximate surface area is 185 Å². The van der Waals surface area contributed by atoms with Crippen LogP contribution in [-0.4, -0.2) is 41.8 Å². The molecule has 1 aliphatic heterocycles. The highest BCUT2D eigenvalue weighted by molar-refractivity contribution is 5.98. The summed E-state index contributed by atoms with van der Waals surface area (Å²) in [7, 11) is 0. The molecule has 32 heavy (non-hydrogen) atoms. The number of amides is 3. The number of rotatable bonds is 7. The molecular weight excluding hydrogens is 420 g/mol. The van der Waals surface area contributed by atoms with Gasteiger partial charge in [0.15, 0.2) is 0 Å². The Morgan fingerprint density at radius 1 is 1.09 bits per heavy atom. The van der Waals surface area contributed by atoms with Crippen molar-refractivity contribution in [1.29, 1.82) is 0 Å². The molecule has 1 aromatic carbocycles. The van der Waals surface area contributed by atoms with E-state index in [0.29, 0.717) is 38.2 Å². The second kappa shape index (κ2) is 10.4. The van der Waals surface area contributed by atoms with Crippen molar-refractivity contribution in [3.63, 3.8) is 0 Å². The number of nitrogens with one attached hydrogen (secondary N) is 2. The molecule has 172 valence electrons. The fourth-order valence-corrected chi connectivity index (χ4v) is 3.73. The number of hydrogen-bond acceptors (Lipinski definition) is 4. The Morgan fingerprint density at radius 3 is 2.31 bits per heavy atom. The molecule has 1 fully saturated rings. The lowest BCUT2D eigenvalue weighted by Crippen LogP contribution is -2.53. The van der Waals surface area contributed by atoms with E-state index in [9.17, 15) is 23.2 Å². The van der Waals surface area contributed by atoms with E-state index < -0.39 is 29.1 Å². The van der Waals surface area contributed by atoms with Crippen molar-refractivity contribution < 1.29 is 27.6 Å². The topological polar surface area (TPSA) is 91.7 Å². The molecule has 1 aliphatic rings. The number of carbonyl (C=O) groups excluding carboxylic acids is 3. The first kappa shape index (κ1) is 23.4. The van der Waals surface area contributed by atoms with Crippen LogP contribution in [-0.2, 0) is 16.1 Å². The van der Waals surface area contributed by atoms with Crippen LogP contribution in [0.1, 0.15) is 42.8 Å². The van der Waals surface area contributed by atoms with Crippen LogP contribution >= 0.6 is 0 Å². The molecule has 1 atom stereocenters. The van der Waals surface area contributed by atoms with Crippen LogP contribution in [0.2, 0.25) is 0 Å². The SMILES string of the molecule is CC(C)C(NC(=O)c1c(F)cccc1F)C(=O)N1CCC(C(=O)NCc2ccco2)CC1. The molecular formula is C23H27F2N3O4. The maximum absolute atomic E-state index is 13.9. The fourth-order valence-electron chi connectivity index (χ4n) is 3.73. The normalized spacial score (nSPS) is 15.5. The lowest BCUT2D eigenvalue weighted by atomic mass is 9.94. The summed E-state index contributed by atoms with van der Waals surface area (Å²) in [5.41, 5.74) is -0.710. The van der Waals surface area contributed by atoms with Gasteiger partial charge >= 0.3 is 0 Å². The highest BCUT2D eigenvalue weighted by Gasteiger charge is 2.34. The molecule has 0 bridgehead atoms. The van der Waals surface area contributed by atoms with Gasteiger partial charge in [0, 0.05) is 19.0 Å². The van der Waals surface area contributed by atoms with Crippen LogP contribution in [0.15, 0.2) is 41.0 Å². The van der Waals surface area contributed by atoms with Crippen LogP contribution in [0, 0.1) is 23.5 Å². The van der Waals surface area contributed by atoms with Crippen molar-refractivity contribution in [3.8, 4) is 0 Å². The first-order valence-electron chi connectivity index (χ1n) is 10.6. The van der Waals surface area contributed by atoms with Gasteiger partial charge in [-0.15, -0.1) is 0 Å². The first-order valence-corrected chi connectivity index (χ1v) is 10.6. The smallest absolute Gasteiger partial charge is 0.257 e. The van der Waals surface area contributed by atoms with Gasteiger partial charge in [-0.1, -0.05) is 19.9 Å². The van der Waals surface area contributed by atoms with Gasteiger partial charge in [0.2, 0.25) is 11.8 Å². The van der Waals surface area contributed by atoms with Crippen LogP contribution in [0.3, 0.4) is 0 Å². The van der Waals surface area contributed by atoms with E-state index in [2.05, 4.69) is 10.6 Å². The molecule has 0 radical (unpaired) electrons. The summed E-state index contributed by atoms with van der Waals surface area (Å²) in [5.74, 6) is -3.24. The second-order valence-corrected chi connectivity index (χ2v) is 8.19. The summed E-state index contributed by atoms with van der Waals surface area (Å²) in [4.78, 5) is 39.5. The lowest BCUT2D eigenvalue weighted by Gasteiger charge is -2.35. The molecule has 9 heteroatoms. The molecule has 1 saturated heterocycles. The Balaban J connectivity index is 1.56. The largest absolute Gasteiger partial charge is 0.467 e. The monoisotopic (exact) mass is 447 g/mol. The number of likely N-dealkylation sites (tertiary alicyclic amines) is 1. The number of halogens is 2. The van der Waals surface area contributed by atoms with E-state index >= 15 is 0 Å². The lowest BCUT2D eigenvalue weighted by molar-refractivity contribution is -0.138. The average Bonchev–Trinajstić information content (AvgIpc) is 3.29. The van der Waals surface area contributed by atoms with E-state index in [1.54, 1.807) is 30.9 Å². The van der Waals surface area contributed by atoms with Gasteiger partial charge in [-0.05, 0) is 43.0 Å². The van der Waals surface area contributed by atoms with E-state index in [1.165, 1.54) is 12.3 Å². The predicted molar refractivity (Wildman–Crippen MR) is 112 cm³/mol. The highest BCUT2D eigenvalue weighted by Crippen LogP contribution is 2.20. The third-order valence-corrected chi connectivity index (χ3v) is 5.60. The second-order valence-electron chi connectivity index (χ2n) is 8.19. The number of carbonyl (C=O) groups is 3. The quantitative estimate of drug-likeness (QED) is 0.683. The van der Waals surface area contributed by atoms with Gasteiger partial charge in [-0.2, -0.15) is 0 Å². The van der Waals surface area contributed by atoms with Gasteiger partial charge in [0.25, 0.3) is 5.91 Å². The fraction of sp³-hybridized carbons (Fsp3) is 0.435. The van der Waals surface area contributed by atoms with Crippen molar-refractivity contribution in [2.24, 2.45) is 11.8 Å². The van der Waals surface area contributed by atoms with Crippen LogP contribution < -0.4 is 10.6 Å². The third-order valence-electron chi connectivity index (χ3n) is 5.60. The number of benzene rings is 1. The van der Waals surface area contributed by atoms with Crippen LogP contribution in [0.4, 0.5) is 8.78 Å². The molecule has 0 aliphatic carbocycles. The maximum atomic E-state index is 13.9. The molecule has 7 nitrogen and oxygen atoms in total. The van der Waals surface area contributed by atoms with E-state index in [0.717, 1.165) is 12.1 Å². The van der Waals surface area contributed by atoms with Crippen molar-refractivity contribution in [3.05, 3.63) is 59.6 Å². The van der Waals surface area contributed by atoms with Gasteiger partial charge in [0.1, 0.15) is 29.0 Å². The summed E-state index contributed by atoms with van der Waals surface area (Å²) in [6, 6.07) is 5.73. The zero-order chi connectivity index (χ0) is 23.3.